The van der Waals surface area contributed by atoms with Crippen LogP contribution in [0.3, 0.4) is 0 Å². The van der Waals surface area contributed by atoms with Gasteiger partial charge in [-0.1, -0.05) is 0 Å². The summed E-state index contributed by atoms with van der Waals surface area (Å²) in [4.78, 5) is 239. The molecule has 4 atom stereocenters. The maximum atomic E-state index is 13.1. The van der Waals surface area contributed by atoms with Gasteiger partial charge in [-0.15, -0.1) is 6.57 Å². The summed E-state index contributed by atoms with van der Waals surface area (Å²) in [7, 11) is 1.47. The second-order valence-corrected chi connectivity index (χ2v) is 33.5. The molecule has 0 bridgehead atoms. The van der Waals surface area contributed by atoms with Crippen LogP contribution in [0.1, 0.15) is 109 Å². The molecule has 0 aromatic carbocycles. The summed E-state index contributed by atoms with van der Waals surface area (Å²) in [6.45, 7) is 15.5. The van der Waals surface area contributed by atoms with Crippen LogP contribution in [-0.4, -0.2) is 271 Å². The third-order valence-corrected chi connectivity index (χ3v) is 24.7. The molecular formula is C91H88N30O18. The molecule has 48 nitrogen and oxygen atoms in total. The number of aromatic amines is 4. The fourth-order valence-electron chi connectivity index (χ4n) is 17.7. The van der Waals surface area contributed by atoms with Crippen molar-refractivity contribution in [3.05, 3.63) is 223 Å². The number of aliphatic hydroxyl groups is 5. The van der Waals surface area contributed by atoms with Crippen LogP contribution in [0.25, 0.3) is 138 Å². The Bertz CT molecular complexity index is 7860. The van der Waals surface area contributed by atoms with Crippen molar-refractivity contribution in [1.29, 1.82) is 0 Å². The van der Waals surface area contributed by atoms with Crippen molar-refractivity contribution in [3.8, 4) is 51.0 Å². The number of carbonyl (C=O) groups is 4. The van der Waals surface area contributed by atoms with Crippen molar-refractivity contribution in [2.75, 3.05) is 65.2 Å². The first-order chi connectivity index (χ1) is 66.9. The van der Waals surface area contributed by atoms with Gasteiger partial charge in [0.15, 0.2) is 5.82 Å². The number of likely N-dealkylation sites (tertiary alicyclic amines) is 4. The minimum Gasteiger partial charge on any atom is -0.467 e. The Hall–Kier alpha value is -16.9. The maximum Gasteiger partial charge on any atom is 0.371 e. The van der Waals surface area contributed by atoms with Crippen molar-refractivity contribution >= 4 is 123 Å². The fraction of sp³-hybridized carbons (Fsp3) is 0.330. The van der Waals surface area contributed by atoms with Crippen LogP contribution in [0.5, 0.6) is 6.01 Å². The summed E-state index contributed by atoms with van der Waals surface area (Å²) < 4.78 is 11.2. The number of nitrogens with two attached hydrogens (primary N) is 1. The maximum absolute atomic E-state index is 13.1. The van der Waals surface area contributed by atoms with Gasteiger partial charge in [0.1, 0.15) is 53.1 Å². The second kappa shape index (κ2) is 39.6. The average Bonchev–Trinajstić information content (AvgIpc) is 0.754. The second-order valence-electron chi connectivity index (χ2n) is 33.5. The summed E-state index contributed by atoms with van der Waals surface area (Å²) in [5.74, 6) is -0.956. The number of nitrogens with zero attached hydrogens (tertiary/aromatic N) is 25. The molecule has 0 aliphatic carbocycles. The Labute approximate surface area is 780 Å². The highest BCUT2D eigenvalue weighted by atomic mass is 16.5. The van der Waals surface area contributed by atoms with E-state index in [2.05, 4.69) is 84.6 Å². The Kier molecular flexibility index (Phi) is 26.7. The van der Waals surface area contributed by atoms with Gasteiger partial charge in [-0.2, -0.15) is 9.97 Å². The van der Waals surface area contributed by atoms with Crippen LogP contribution in [0.4, 0.5) is 11.9 Å². The largest absolute Gasteiger partial charge is 0.467 e. The van der Waals surface area contributed by atoms with Crippen LogP contribution >= 0.6 is 0 Å². The number of ether oxygens (including phenoxy) is 1. The lowest BCUT2D eigenvalue weighted by molar-refractivity contribution is -0.141. The standard InChI is InChI=1S/C23H20N8O4.2C23H23N7O5.C22H22N8O4/c1-12(32)21(34)30-7-5-14(6-8-30)31-19-15(20(33)29-23(31)35)11-25-17-4-3-16(28-18(17)19)13-9-26-22(24-2)27-10-13;1-12(31)21(33)29-7-5-14(6-8-29)30-19-15(20(32)28-23(30)34)11-24-17-4-3-16(27-18(17)19)13-9-25-22(35-2)26-10-13;1-12(32)22(34)29-6-4-14(5-7-29)30-20-15(21(33)28-23(30)35)10-24-17-3-2-16(27-19(17)20)13-8-25-18(11-31)26-9-13;1-11(31)20(33)29-6-4-13(5-7-29)30-18-14(19(32)28-22(30)34)10-24-16-3-2-15(27-17(16)18)12-8-25-21(23)26-9-12/h3-4,9-12,14,32H,5-8H2,1H3,(H,29,33,35);3-4,9-12,14,31H,5-8H2,1-2H3,(H,28,32,34);2-3,8-10,12,14,31-32H,4-7,11H2,1H3,(H,28,33,35);2-3,8-11,13,31H,4-7H2,1H3,(H2,23,25,26)(H,28,32,34)/t3*12-;11-/m1111/s1. The van der Waals surface area contributed by atoms with Gasteiger partial charge in [0, 0.05) is 155 Å². The van der Waals surface area contributed by atoms with Crippen LogP contribution in [0.15, 0.2) is 161 Å². The zero-order valence-corrected chi connectivity index (χ0v) is 75.0. The summed E-state index contributed by atoms with van der Waals surface area (Å²) in [5, 5.41) is 48.6. The van der Waals surface area contributed by atoms with Crippen LogP contribution in [0.2, 0.25) is 0 Å². The number of fused-ring (bicyclic) bond motifs is 12. The molecule has 139 heavy (non-hydrogen) atoms. The Morgan fingerprint density at radius 3 is 0.842 bits per heavy atom. The third kappa shape index (κ3) is 18.9. The van der Waals surface area contributed by atoms with E-state index in [0.717, 1.165) is 0 Å². The molecule has 0 saturated carbocycles. The molecule has 11 N–H and O–H groups in total. The lowest BCUT2D eigenvalue weighted by Crippen LogP contribution is -2.45. The van der Waals surface area contributed by atoms with Gasteiger partial charge in [0.05, 0.1) is 114 Å². The van der Waals surface area contributed by atoms with Crippen molar-refractivity contribution in [2.45, 2.75) is 134 Å². The highest BCUT2D eigenvalue weighted by molar-refractivity contribution is 6.04. The number of aliphatic hydroxyl groups excluding tert-OH is 5. The van der Waals surface area contributed by atoms with Crippen LogP contribution in [0, 0.1) is 6.57 Å². The topological polar surface area (TPSA) is 648 Å². The number of hydrogen-bond donors (Lipinski definition) is 10. The minimum atomic E-state index is -1.09. The number of pyridine rings is 8. The molecule has 0 unspecified atom stereocenters. The molecular weight excluding hydrogens is 1800 g/mol. The molecule has 20 rings (SSSR count). The number of aromatic nitrogens is 24. The third-order valence-electron chi connectivity index (χ3n) is 24.7. The van der Waals surface area contributed by atoms with E-state index in [-0.39, 0.29) is 99.7 Å². The van der Waals surface area contributed by atoms with Crippen molar-refractivity contribution in [2.24, 2.45) is 0 Å². The molecule has 4 fully saturated rings. The first-order valence-corrected chi connectivity index (χ1v) is 44.2. The number of methoxy groups -OCH3 is 1. The lowest BCUT2D eigenvalue weighted by Gasteiger charge is -2.34. The van der Waals surface area contributed by atoms with Gasteiger partial charge in [-0.25, -0.2) is 69.0 Å². The minimum absolute atomic E-state index is 0.0162. The van der Waals surface area contributed by atoms with Gasteiger partial charge in [-0.3, -0.25) is 96.5 Å². The summed E-state index contributed by atoms with van der Waals surface area (Å²) >= 11 is 0. The van der Waals surface area contributed by atoms with E-state index in [4.69, 9.17) is 37.0 Å². The van der Waals surface area contributed by atoms with E-state index in [1.54, 1.807) is 114 Å². The van der Waals surface area contributed by atoms with Gasteiger partial charge in [0.25, 0.3) is 45.9 Å². The molecule has 16 aromatic heterocycles. The molecule has 4 amide bonds. The van der Waals surface area contributed by atoms with E-state index in [0.29, 0.717) is 215 Å². The highest BCUT2D eigenvalue weighted by Gasteiger charge is 2.35. The predicted molar refractivity (Wildman–Crippen MR) is 501 cm³/mol. The first-order valence-electron chi connectivity index (χ1n) is 44.2. The number of amides is 4. The van der Waals surface area contributed by atoms with Gasteiger partial charge >= 0.3 is 34.7 Å². The van der Waals surface area contributed by atoms with Crippen LogP contribution in [-0.2, 0) is 25.8 Å². The fourth-order valence-corrected chi connectivity index (χ4v) is 17.7. The number of nitrogens with one attached hydrogen (secondary N) is 4. The molecule has 710 valence electrons. The molecule has 4 aliphatic heterocycles. The molecule has 0 radical (unpaired) electrons. The Balaban J connectivity index is 0.000000128. The number of H-pyrrole nitrogens is 4. The van der Waals surface area contributed by atoms with Crippen molar-refractivity contribution in [1.82, 2.24) is 138 Å². The Morgan fingerprint density at radius 2 is 0.612 bits per heavy atom. The first kappa shape index (κ1) is 93.9. The molecule has 20 heterocycles. The Morgan fingerprint density at radius 1 is 0.374 bits per heavy atom. The lowest BCUT2D eigenvalue weighted by atomic mass is 10.0. The average molecular weight is 1890 g/mol. The normalized spacial score (nSPS) is 15.5. The van der Waals surface area contributed by atoms with Gasteiger partial charge < -0.3 is 60.4 Å². The van der Waals surface area contributed by atoms with E-state index >= 15 is 0 Å². The zero-order valence-electron chi connectivity index (χ0n) is 75.0. The van der Waals surface area contributed by atoms with Gasteiger partial charge in [0.2, 0.25) is 5.95 Å². The summed E-state index contributed by atoms with van der Waals surface area (Å²) in [6, 6.07) is 13.1. The van der Waals surface area contributed by atoms with Crippen molar-refractivity contribution < 1.29 is 49.4 Å². The number of piperidine rings is 4. The predicted octanol–water partition coefficient (Wildman–Crippen LogP) is 2.17. The summed E-state index contributed by atoms with van der Waals surface area (Å²) in [5.41, 5.74) is 10.8. The molecule has 4 aliphatic rings. The highest BCUT2D eigenvalue weighted by Crippen LogP contribution is 2.36. The van der Waals surface area contributed by atoms with E-state index in [1.807, 2.05) is 0 Å². The smallest absolute Gasteiger partial charge is 0.371 e. The van der Waals surface area contributed by atoms with Crippen molar-refractivity contribution in [3.63, 3.8) is 0 Å². The molecule has 0 spiro atoms. The number of hydrogen-bond acceptors (Lipinski definition) is 35. The zero-order chi connectivity index (χ0) is 98.1. The van der Waals surface area contributed by atoms with Crippen LogP contribution < -0.4 is 55.5 Å². The SMILES string of the molecule is COc1ncc(-c2ccc3ncc4c(=O)[nH]c(=O)n(C5CCN(C(=O)[C@@H](C)O)CC5)c4c3n2)cn1.C[C@@H](O)C(=O)N1CCC(n2c(=O)[nH]c(=O)c3cnc4ccc(-c5cnc(CO)nc5)nc4c32)CC1.C[C@@H](O)C(=O)N1CCC(n2c(=O)[nH]c(=O)c3cnc4ccc(-c5cnc(N)nc5)nc4c32)CC1.[C-]#[N+]c1ncc(-c2ccc3ncc4c(=O)[nH]c(=O)n(C5CCN(C(=O)[C@@H](C)O)CC5)c4c3n2)cn1. The quantitative estimate of drug-likeness (QED) is 0.0551. The van der Waals surface area contributed by atoms with E-state index < -0.39 is 69.4 Å². The number of anilines is 1. The molecule has 16 aromatic rings. The number of rotatable bonds is 14. The van der Waals surface area contributed by atoms with Gasteiger partial charge in [-0.05, 0) is 128 Å². The molecule has 48 heteroatoms. The monoisotopic (exact) mass is 1890 g/mol. The van der Waals surface area contributed by atoms with E-state index in [9.17, 15) is 83.1 Å². The summed E-state index contributed by atoms with van der Waals surface area (Å²) in [6.07, 6.45) is 17.5. The van der Waals surface area contributed by atoms with E-state index in [1.165, 1.54) is 81.1 Å². The number of carbonyl (C=O) groups excluding carboxylic acids is 4. The number of nitrogen functional groups attached to an aromatic ring is 1. The molecule has 4 saturated heterocycles.